The van der Waals surface area contributed by atoms with E-state index in [2.05, 4.69) is 159 Å². The maximum absolute atomic E-state index is 5.50. The Balaban J connectivity index is 0.935. The van der Waals surface area contributed by atoms with Crippen molar-refractivity contribution < 1.29 is 0 Å². The Morgan fingerprint density at radius 2 is 1.28 bits per heavy atom. The van der Waals surface area contributed by atoms with Crippen LogP contribution in [0.2, 0.25) is 0 Å². The van der Waals surface area contributed by atoms with Gasteiger partial charge in [0.05, 0.1) is 11.6 Å². The van der Waals surface area contributed by atoms with Crippen molar-refractivity contribution in [2.24, 2.45) is 0 Å². The van der Waals surface area contributed by atoms with Crippen LogP contribution in [0.3, 0.4) is 0 Å². The summed E-state index contributed by atoms with van der Waals surface area (Å²) in [5.74, 6) is 1.05. The van der Waals surface area contributed by atoms with E-state index in [1.54, 1.807) is 0 Å². The Hall–Kier alpha value is -6.39. The summed E-state index contributed by atoms with van der Waals surface area (Å²) in [4.78, 5) is 5.50. The first kappa shape index (κ1) is 35.4. The van der Waals surface area contributed by atoms with Gasteiger partial charge in [0.15, 0.2) is 0 Å². The van der Waals surface area contributed by atoms with E-state index in [0.717, 1.165) is 75.5 Å². The average molecular weight is 791 g/mol. The molecule has 4 heteroatoms. The van der Waals surface area contributed by atoms with Crippen molar-refractivity contribution in [3.05, 3.63) is 178 Å². The summed E-state index contributed by atoms with van der Waals surface area (Å²) < 4.78 is 7.91. The summed E-state index contributed by atoms with van der Waals surface area (Å²) >= 11 is 0. The Morgan fingerprint density at radius 1 is 0.525 bits per heavy atom. The second-order valence-corrected chi connectivity index (χ2v) is 18.1. The average Bonchev–Trinajstić information content (AvgIpc) is 3.97. The van der Waals surface area contributed by atoms with Gasteiger partial charge in [-0.3, -0.25) is 0 Å². The van der Waals surface area contributed by atoms with Crippen LogP contribution in [-0.4, -0.2) is 18.7 Å². The van der Waals surface area contributed by atoms with Gasteiger partial charge in [-0.15, -0.1) is 0 Å². The van der Waals surface area contributed by atoms with Gasteiger partial charge in [0.25, 0.3) is 0 Å². The second kappa shape index (κ2) is 14.1. The standard InChI is InChI=1S/C57H50N4/c1-3-15-40(16-4-1)59-51-24-12-8-20-43(51)47-33-37(27-30-54(47)59)38-28-31-56-48(34-38)45-22-10-14-26-53(45)61(56)57-36-46(42-19-7-11-23-50(42)58-57)39-29-32-55-49(35-39)44-21-9-13-25-52(44)60(55)41-17-5-2-6-18-41/h1-5,7-12,15,19-24,29,32-36,40-41H,6,13-14,16-18,25-28,30-31H2. The maximum Gasteiger partial charge on any atom is 0.138 e. The summed E-state index contributed by atoms with van der Waals surface area (Å²) in [6, 6.07) is 28.5. The maximum atomic E-state index is 5.50. The zero-order valence-electron chi connectivity index (χ0n) is 34.8. The number of nitrogens with zero attached hydrogens (tertiary/aromatic N) is 4. The van der Waals surface area contributed by atoms with Gasteiger partial charge in [-0.05, 0) is 142 Å². The van der Waals surface area contributed by atoms with E-state index in [0.29, 0.717) is 12.1 Å². The van der Waals surface area contributed by atoms with Crippen LogP contribution >= 0.6 is 0 Å². The number of hydrogen-bond donors (Lipinski definition) is 0. The SMILES string of the molecule is C1=CCC(n2c3c(c4ccccc42)C=C(C2=Cc4c5c(n(-c6cc(-c7ccc8c(c7)c7c(n8C8CC=CCC8)CCC=C7)c7ccccc7n6)c4CC2)CCC=C5)CC3)C=C1. The molecule has 0 amide bonds. The van der Waals surface area contributed by atoms with Crippen molar-refractivity contribution in [3.63, 3.8) is 0 Å². The molecule has 0 spiro atoms. The molecular formula is C57H50N4. The fourth-order valence-corrected chi connectivity index (χ4v) is 12.0. The summed E-state index contributed by atoms with van der Waals surface area (Å²) in [6.45, 7) is 0. The number of allylic oxidation sites excluding steroid dienone is 10. The molecule has 0 saturated carbocycles. The van der Waals surface area contributed by atoms with E-state index in [9.17, 15) is 0 Å². The third-order valence-corrected chi connectivity index (χ3v) is 14.8. The zero-order valence-corrected chi connectivity index (χ0v) is 34.8. The van der Waals surface area contributed by atoms with Crippen LogP contribution in [0.25, 0.3) is 74.0 Å². The minimum atomic E-state index is 0.379. The number of para-hydroxylation sites is 2. The van der Waals surface area contributed by atoms with Crippen molar-refractivity contribution in [3.8, 4) is 16.9 Å². The molecule has 298 valence electrons. The van der Waals surface area contributed by atoms with Crippen molar-refractivity contribution in [1.82, 2.24) is 18.7 Å². The van der Waals surface area contributed by atoms with E-state index in [1.807, 2.05) is 0 Å². The van der Waals surface area contributed by atoms with Gasteiger partial charge >= 0.3 is 0 Å². The molecule has 0 saturated heterocycles. The molecule has 2 unspecified atom stereocenters. The second-order valence-electron chi connectivity index (χ2n) is 18.1. The minimum absolute atomic E-state index is 0.379. The molecule has 4 heterocycles. The highest BCUT2D eigenvalue weighted by Gasteiger charge is 2.30. The molecule has 61 heavy (non-hydrogen) atoms. The van der Waals surface area contributed by atoms with Crippen molar-refractivity contribution in [2.45, 2.75) is 89.1 Å². The number of rotatable bonds is 5. The summed E-state index contributed by atoms with van der Waals surface area (Å²) in [7, 11) is 0. The molecule has 0 N–H and O–H groups in total. The summed E-state index contributed by atoms with van der Waals surface area (Å²) in [5.41, 5.74) is 20.8. The first-order valence-corrected chi connectivity index (χ1v) is 23.0. The van der Waals surface area contributed by atoms with Crippen LogP contribution in [0, 0.1) is 0 Å². The fourth-order valence-electron chi connectivity index (χ4n) is 12.0. The number of fused-ring (bicyclic) bond motifs is 10. The van der Waals surface area contributed by atoms with Crippen LogP contribution in [0.1, 0.15) is 108 Å². The number of aromatic nitrogens is 4. The highest BCUT2D eigenvalue weighted by molar-refractivity contribution is 6.01. The molecule has 4 nitrogen and oxygen atoms in total. The number of pyridine rings is 1. The largest absolute Gasteiger partial charge is 0.341 e. The lowest BCUT2D eigenvalue weighted by Gasteiger charge is -2.25. The van der Waals surface area contributed by atoms with Gasteiger partial charge < -0.3 is 13.7 Å². The quantitative estimate of drug-likeness (QED) is 0.160. The van der Waals surface area contributed by atoms with E-state index < -0.39 is 0 Å². The topological polar surface area (TPSA) is 27.7 Å². The van der Waals surface area contributed by atoms with Crippen LogP contribution < -0.4 is 0 Å². The van der Waals surface area contributed by atoms with Gasteiger partial charge in [0.1, 0.15) is 5.82 Å². The minimum Gasteiger partial charge on any atom is -0.341 e. The highest BCUT2D eigenvalue weighted by Crippen LogP contribution is 2.45. The Morgan fingerprint density at radius 3 is 2.13 bits per heavy atom. The van der Waals surface area contributed by atoms with Crippen LogP contribution in [0.5, 0.6) is 0 Å². The zero-order chi connectivity index (χ0) is 40.0. The van der Waals surface area contributed by atoms with E-state index in [-0.39, 0.29) is 0 Å². The lowest BCUT2D eigenvalue weighted by atomic mass is 9.84. The lowest BCUT2D eigenvalue weighted by Crippen LogP contribution is -2.14. The van der Waals surface area contributed by atoms with Crippen LogP contribution in [-0.2, 0) is 25.7 Å². The lowest BCUT2D eigenvalue weighted by molar-refractivity contribution is 0.460. The van der Waals surface area contributed by atoms with Gasteiger partial charge in [-0.2, -0.15) is 0 Å². The van der Waals surface area contributed by atoms with Crippen molar-refractivity contribution in [2.75, 3.05) is 0 Å². The molecule has 13 rings (SSSR count). The molecule has 0 bridgehead atoms. The van der Waals surface area contributed by atoms with Gasteiger partial charge in [-0.25, -0.2) is 4.98 Å². The Kier molecular flexibility index (Phi) is 8.17. The molecule has 0 fully saturated rings. The van der Waals surface area contributed by atoms with E-state index >= 15 is 0 Å². The molecule has 0 aliphatic heterocycles. The number of benzene rings is 3. The number of hydrogen-bond acceptors (Lipinski definition) is 1. The van der Waals surface area contributed by atoms with Gasteiger partial charge in [-0.1, -0.05) is 103 Å². The summed E-state index contributed by atoms with van der Waals surface area (Å²) in [5, 5.41) is 3.98. The molecule has 7 aromatic rings. The van der Waals surface area contributed by atoms with Gasteiger partial charge in [0, 0.05) is 78.3 Å². The smallest absolute Gasteiger partial charge is 0.138 e. The van der Waals surface area contributed by atoms with Gasteiger partial charge in [0.2, 0.25) is 0 Å². The van der Waals surface area contributed by atoms with Crippen molar-refractivity contribution in [1.29, 1.82) is 0 Å². The van der Waals surface area contributed by atoms with E-state index in [4.69, 9.17) is 4.98 Å². The first-order chi connectivity index (χ1) is 30.3. The fraction of sp³-hybridized carbons (Fsp3) is 0.246. The van der Waals surface area contributed by atoms with Crippen molar-refractivity contribution >= 4 is 57.0 Å². The Bertz CT molecular complexity index is 3210. The molecule has 4 aromatic heterocycles. The van der Waals surface area contributed by atoms with Crippen LogP contribution in [0.15, 0.2) is 133 Å². The molecular weight excluding hydrogens is 741 g/mol. The van der Waals surface area contributed by atoms with E-state index in [1.165, 1.54) is 107 Å². The molecule has 6 aliphatic rings. The third-order valence-electron chi connectivity index (χ3n) is 14.8. The predicted molar refractivity (Wildman–Crippen MR) is 255 cm³/mol. The molecule has 3 aromatic carbocycles. The van der Waals surface area contributed by atoms with Crippen LogP contribution in [0.4, 0.5) is 0 Å². The predicted octanol–water partition coefficient (Wildman–Crippen LogP) is 14.2. The normalized spacial score (nSPS) is 20.2. The molecule has 6 aliphatic carbocycles. The Labute approximate surface area is 357 Å². The molecule has 0 radical (unpaired) electrons. The monoisotopic (exact) mass is 790 g/mol. The summed E-state index contributed by atoms with van der Waals surface area (Å²) in [6.07, 6.45) is 41.6. The molecule has 2 atom stereocenters. The third kappa shape index (κ3) is 5.54. The first-order valence-electron chi connectivity index (χ1n) is 23.0. The highest BCUT2D eigenvalue weighted by atomic mass is 15.1.